The zero-order chi connectivity index (χ0) is 18.6. The zero-order valence-electron chi connectivity index (χ0n) is 15.8. The van der Waals surface area contributed by atoms with Gasteiger partial charge in [0.1, 0.15) is 11.6 Å². The summed E-state index contributed by atoms with van der Waals surface area (Å²) in [6, 6.07) is 16.9. The van der Waals surface area contributed by atoms with Crippen molar-refractivity contribution in [3.05, 3.63) is 71.7 Å². The van der Waals surface area contributed by atoms with E-state index in [0.717, 1.165) is 42.5 Å². The van der Waals surface area contributed by atoms with E-state index in [1.165, 1.54) is 11.1 Å². The molecule has 1 fully saturated rings. The zero-order valence-corrected chi connectivity index (χ0v) is 15.8. The molecule has 2 aromatic carbocycles. The molecule has 0 bridgehead atoms. The molecule has 3 aromatic rings. The SMILES string of the molecule is COc1cccc(-c2cnc([C@@H]3COCCN3Cc3ccc(C)cc3)[nH]2)c1. The molecule has 0 amide bonds. The third kappa shape index (κ3) is 4.04. The van der Waals surface area contributed by atoms with E-state index in [1.54, 1.807) is 7.11 Å². The van der Waals surface area contributed by atoms with E-state index in [9.17, 15) is 0 Å². The Hall–Kier alpha value is -2.63. The van der Waals surface area contributed by atoms with Gasteiger partial charge >= 0.3 is 0 Å². The van der Waals surface area contributed by atoms with Crippen molar-refractivity contribution in [2.75, 3.05) is 26.9 Å². The van der Waals surface area contributed by atoms with Crippen LogP contribution in [-0.2, 0) is 11.3 Å². The van der Waals surface area contributed by atoms with E-state index in [1.807, 2.05) is 24.4 Å². The first-order valence-corrected chi connectivity index (χ1v) is 9.29. The second-order valence-corrected chi connectivity index (χ2v) is 6.96. The molecule has 0 unspecified atom stereocenters. The average Bonchev–Trinajstić information content (AvgIpc) is 3.20. The number of hydrogen-bond donors (Lipinski definition) is 1. The van der Waals surface area contributed by atoms with Gasteiger partial charge in [0.05, 0.1) is 38.3 Å². The predicted octanol–water partition coefficient (Wildman–Crippen LogP) is 3.97. The van der Waals surface area contributed by atoms with Gasteiger partial charge in [0, 0.05) is 18.7 Å². The van der Waals surface area contributed by atoms with Gasteiger partial charge in [-0.1, -0.05) is 42.0 Å². The van der Waals surface area contributed by atoms with Crippen molar-refractivity contribution in [2.45, 2.75) is 19.5 Å². The van der Waals surface area contributed by atoms with Crippen LogP contribution in [0.25, 0.3) is 11.3 Å². The number of H-pyrrole nitrogens is 1. The van der Waals surface area contributed by atoms with E-state index in [-0.39, 0.29) is 6.04 Å². The van der Waals surface area contributed by atoms with Gasteiger partial charge in [-0.05, 0) is 24.6 Å². The number of aromatic amines is 1. The molecular weight excluding hydrogens is 338 g/mol. The second-order valence-electron chi connectivity index (χ2n) is 6.96. The minimum absolute atomic E-state index is 0.124. The average molecular weight is 363 g/mol. The summed E-state index contributed by atoms with van der Waals surface area (Å²) < 4.78 is 11.1. The summed E-state index contributed by atoms with van der Waals surface area (Å²) in [5.74, 6) is 1.78. The molecule has 0 radical (unpaired) electrons. The van der Waals surface area contributed by atoms with Gasteiger partial charge in [-0.15, -0.1) is 0 Å². The number of benzene rings is 2. The molecule has 4 rings (SSSR count). The summed E-state index contributed by atoms with van der Waals surface area (Å²) in [6.07, 6.45) is 1.89. The van der Waals surface area contributed by atoms with E-state index < -0.39 is 0 Å². The predicted molar refractivity (Wildman–Crippen MR) is 106 cm³/mol. The minimum atomic E-state index is 0.124. The van der Waals surface area contributed by atoms with Gasteiger partial charge in [0.25, 0.3) is 0 Å². The highest BCUT2D eigenvalue weighted by Gasteiger charge is 2.27. The number of aromatic nitrogens is 2. The van der Waals surface area contributed by atoms with Crippen molar-refractivity contribution >= 4 is 0 Å². The number of morpholine rings is 1. The van der Waals surface area contributed by atoms with E-state index in [0.29, 0.717) is 6.61 Å². The van der Waals surface area contributed by atoms with Crippen molar-refractivity contribution in [1.29, 1.82) is 0 Å². The largest absolute Gasteiger partial charge is 0.497 e. The Kier molecular flexibility index (Phi) is 5.23. The molecule has 27 heavy (non-hydrogen) atoms. The van der Waals surface area contributed by atoms with Gasteiger partial charge in [-0.2, -0.15) is 0 Å². The molecule has 1 N–H and O–H groups in total. The van der Waals surface area contributed by atoms with Crippen LogP contribution in [-0.4, -0.2) is 41.7 Å². The Morgan fingerprint density at radius 3 is 2.89 bits per heavy atom. The van der Waals surface area contributed by atoms with Gasteiger partial charge in [0.15, 0.2) is 0 Å². The van der Waals surface area contributed by atoms with Crippen LogP contribution in [0.1, 0.15) is 23.0 Å². The highest BCUT2D eigenvalue weighted by Crippen LogP contribution is 2.28. The number of nitrogens with one attached hydrogen (secondary N) is 1. The molecule has 1 atom stereocenters. The lowest BCUT2D eigenvalue weighted by molar-refractivity contribution is -0.0156. The Morgan fingerprint density at radius 2 is 2.07 bits per heavy atom. The van der Waals surface area contributed by atoms with Crippen LogP contribution in [0.3, 0.4) is 0 Å². The second kappa shape index (κ2) is 7.94. The number of nitrogens with zero attached hydrogens (tertiary/aromatic N) is 2. The fourth-order valence-electron chi connectivity index (χ4n) is 3.45. The maximum Gasteiger partial charge on any atom is 0.126 e. The van der Waals surface area contributed by atoms with Gasteiger partial charge in [0.2, 0.25) is 0 Å². The Morgan fingerprint density at radius 1 is 1.22 bits per heavy atom. The molecule has 5 nitrogen and oxygen atoms in total. The summed E-state index contributed by atoms with van der Waals surface area (Å²) in [6.45, 7) is 5.31. The van der Waals surface area contributed by atoms with Crippen molar-refractivity contribution in [3.8, 4) is 17.0 Å². The molecule has 1 saturated heterocycles. The van der Waals surface area contributed by atoms with Crippen molar-refractivity contribution in [1.82, 2.24) is 14.9 Å². The Bertz CT molecular complexity index is 889. The van der Waals surface area contributed by atoms with Gasteiger partial charge in [-0.25, -0.2) is 4.98 Å². The quantitative estimate of drug-likeness (QED) is 0.745. The third-order valence-corrected chi connectivity index (χ3v) is 5.04. The molecule has 0 spiro atoms. The fraction of sp³-hybridized carbons (Fsp3) is 0.318. The maximum atomic E-state index is 5.75. The van der Waals surface area contributed by atoms with Crippen LogP contribution < -0.4 is 4.74 Å². The molecule has 2 heterocycles. The summed E-state index contributed by atoms with van der Waals surface area (Å²) in [5.41, 5.74) is 4.65. The normalized spacial score (nSPS) is 17.8. The number of aryl methyl sites for hydroxylation is 1. The van der Waals surface area contributed by atoms with Crippen LogP contribution in [0.2, 0.25) is 0 Å². The maximum absolute atomic E-state index is 5.75. The van der Waals surface area contributed by atoms with Crippen LogP contribution >= 0.6 is 0 Å². The van der Waals surface area contributed by atoms with E-state index >= 15 is 0 Å². The summed E-state index contributed by atoms with van der Waals surface area (Å²) in [7, 11) is 1.68. The smallest absolute Gasteiger partial charge is 0.126 e. The Balaban J connectivity index is 1.55. The number of hydrogen-bond acceptors (Lipinski definition) is 4. The van der Waals surface area contributed by atoms with E-state index in [4.69, 9.17) is 9.47 Å². The summed E-state index contributed by atoms with van der Waals surface area (Å²) in [4.78, 5) is 10.6. The summed E-state index contributed by atoms with van der Waals surface area (Å²) in [5, 5.41) is 0. The first kappa shape index (κ1) is 17.8. The number of rotatable bonds is 5. The lowest BCUT2D eigenvalue weighted by Gasteiger charge is -2.34. The van der Waals surface area contributed by atoms with Crippen molar-refractivity contribution in [3.63, 3.8) is 0 Å². The van der Waals surface area contributed by atoms with Crippen LogP contribution in [0.5, 0.6) is 5.75 Å². The first-order chi connectivity index (χ1) is 13.2. The topological polar surface area (TPSA) is 50.4 Å². The van der Waals surface area contributed by atoms with Crippen LogP contribution in [0.4, 0.5) is 0 Å². The number of methoxy groups -OCH3 is 1. The molecule has 0 aliphatic carbocycles. The van der Waals surface area contributed by atoms with Gasteiger partial charge in [-0.3, -0.25) is 4.90 Å². The third-order valence-electron chi connectivity index (χ3n) is 5.04. The molecule has 1 aromatic heterocycles. The van der Waals surface area contributed by atoms with Gasteiger partial charge < -0.3 is 14.5 Å². The van der Waals surface area contributed by atoms with Crippen molar-refractivity contribution in [2.24, 2.45) is 0 Å². The lowest BCUT2D eigenvalue weighted by atomic mass is 10.1. The molecular formula is C22H25N3O2. The fourth-order valence-corrected chi connectivity index (χ4v) is 3.45. The first-order valence-electron chi connectivity index (χ1n) is 9.29. The lowest BCUT2D eigenvalue weighted by Crippen LogP contribution is -2.39. The summed E-state index contributed by atoms with van der Waals surface area (Å²) >= 11 is 0. The monoisotopic (exact) mass is 363 g/mol. The molecule has 1 aliphatic heterocycles. The molecule has 1 aliphatic rings. The van der Waals surface area contributed by atoms with E-state index in [2.05, 4.69) is 52.1 Å². The highest BCUT2D eigenvalue weighted by molar-refractivity contribution is 5.60. The highest BCUT2D eigenvalue weighted by atomic mass is 16.5. The minimum Gasteiger partial charge on any atom is -0.497 e. The number of ether oxygens (including phenoxy) is 2. The molecule has 140 valence electrons. The standard InChI is InChI=1S/C22H25N3O2/c1-16-6-8-17(9-7-16)14-25-10-11-27-15-21(25)22-23-13-20(24-22)18-4-3-5-19(12-18)26-2/h3-9,12-13,21H,10-11,14-15H2,1-2H3,(H,23,24)/t21-/m0/s1. The van der Waals surface area contributed by atoms with Crippen molar-refractivity contribution < 1.29 is 9.47 Å². The number of imidazole rings is 1. The van der Waals surface area contributed by atoms with Crippen LogP contribution in [0.15, 0.2) is 54.7 Å². The van der Waals surface area contributed by atoms with Crippen LogP contribution in [0, 0.1) is 6.92 Å². The molecule has 0 saturated carbocycles. The molecule has 5 heteroatoms. The Labute approximate surface area is 160 Å².